The van der Waals surface area contributed by atoms with Crippen LogP contribution in [-0.2, 0) is 4.74 Å². The van der Waals surface area contributed by atoms with Gasteiger partial charge >= 0.3 is 0 Å². The summed E-state index contributed by atoms with van der Waals surface area (Å²) < 4.78 is 5.62. The first kappa shape index (κ1) is 13.3. The van der Waals surface area contributed by atoms with Gasteiger partial charge in [-0.05, 0) is 45.4 Å². The Balaban J connectivity index is 2.40. The van der Waals surface area contributed by atoms with Gasteiger partial charge in [0.25, 0.3) is 0 Å². The van der Waals surface area contributed by atoms with Gasteiger partial charge in [0.2, 0.25) is 0 Å². The molecule has 1 aromatic carbocycles. The second-order valence-electron chi connectivity index (χ2n) is 4.87. The number of benzene rings is 1. The topological polar surface area (TPSA) is 21.3 Å². The Bertz CT molecular complexity index is 344. The van der Waals surface area contributed by atoms with E-state index in [0.29, 0.717) is 6.61 Å². The monoisotopic (exact) mass is 241 g/mol. The van der Waals surface area contributed by atoms with Crippen LogP contribution in [-0.4, -0.2) is 18.8 Å². The molecule has 0 aliphatic heterocycles. The van der Waals surface area contributed by atoms with Gasteiger partial charge in [0.05, 0.1) is 22.9 Å². The fraction of sp³-hybridized carbons (Fsp3) is 0.538. The highest BCUT2D eigenvalue weighted by Gasteiger charge is 2.09. The number of nitrogens with one attached hydrogen (secondary N) is 1. The van der Waals surface area contributed by atoms with E-state index in [2.05, 4.69) is 5.32 Å². The summed E-state index contributed by atoms with van der Waals surface area (Å²) in [6.45, 7) is 9.63. The molecule has 0 heterocycles. The van der Waals surface area contributed by atoms with Crippen molar-refractivity contribution in [2.45, 2.75) is 33.3 Å². The maximum Gasteiger partial charge on any atom is 0.0646 e. The molecule has 3 heteroatoms. The molecule has 2 nitrogen and oxygen atoms in total. The van der Waals surface area contributed by atoms with Crippen molar-refractivity contribution in [1.29, 1.82) is 0 Å². The normalized spacial score (nSPS) is 11.6. The number of aryl methyl sites for hydroxylation is 1. The Morgan fingerprint density at radius 3 is 2.62 bits per heavy atom. The third-order valence-corrected chi connectivity index (χ3v) is 2.40. The number of ether oxygens (including phenoxy) is 1. The fourth-order valence-corrected chi connectivity index (χ4v) is 1.50. The van der Waals surface area contributed by atoms with E-state index in [4.69, 9.17) is 16.3 Å². The molecule has 0 atom stereocenters. The van der Waals surface area contributed by atoms with Crippen molar-refractivity contribution >= 4 is 17.3 Å². The zero-order chi connectivity index (χ0) is 12.2. The van der Waals surface area contributed by atoms with Crippen LogP contribution in [0.25, 0.3) is 0 Å². The highest BCUT2D eigenvalue weighted by atomic mass is 35.5. The van der Waals surface area contributed by atoms with E-state index in [1.807, 2.05) is 45.9 Å². The number of anilines is 1. The van der Waals surface area contributed by atoms with Crippen LogP contribution in [0, 0.1) is 6.92 Å². The first-order valence-electron chi connectivity index (χ1n) is 5.52. The minimum Gasteiger partial charge on any atom is -0.382 e. The van der Waals surface area contributed by atoms with Crippen LogP contribution in [0.3, 0.4) is 0 Å². The predicted octanol–water partition coefficient (Wildman–Crippen LogP) is 3.88. The summed E-state index contributed by atoms with van der Waals surface area (Å²) in [5, 5.41) is 4.02. The maximum absolute atomic E-state index is 6.06. The van der Waals surface area contributed by atoms with Crippen molar-refractivity contribution in [3.8, 4) is 0 Å². The molecule has 1 rings (SSSR count). The summed E-state index contributed by atoms with van der Waals surface area (Å²) in [4.78, 5) is 0. The van der Waals surface area contributed by atoms with Crippen LogP contribution < -0.4 is 5.32 Å². The van der Waals surface area contributed by atoms with E-state index in [1.165, 1.54) is 5.56 Å². The van der Waals surface area contributed by atoms with E-state index in [9.17, 15) is 0 Å². The molecule has 0 radical (unpaired) electrons. The quantitative estimate of drug-likeness (QED) is 0.808. The van der Waals surface area contributed by atoms with Gasteiger partial charge in [0.15, 0.2) is 0 Å². The zero-order valence-electron chi connectivity index (χ0n) is 10.4. The van der Waals surface area contributed by atoms with Crippen molar-refractivity contribution in [3.05, 3.63) is 28.8 Å². The van der Waals surface area contributed by atoms with Crippen LogP contribution in [0.1, 0.15) is 26.3 Å². The molecule has 0 saturated heterocycles. The predicted molar refractivity (Wildman–Crippen MR) is 70.4 cm³/mol. The Morgan fingerprint density at radius 2 is 2.00 bits per heavy atom. The number of hydrogen-bond acceptors (Lipinski definition) is 2. The van der Waals surface area contributed by atoms with Gasteiger partial charge in [-0.1, -0.05) is 17.7 Å². The Labute approximate surface area is 103 Å². The van der Waals surface area contributed by atoms with Gasteiger partial charge in [-0.3, -0.25) is 0 Å². The molecule has 0 aromatic heterocycles. The van der Waals surface area contributed by atoms with Crippen LogP contribution in [0.2, 0.25) is 5.02 Å². The van der Waals surface area contributed by atoms with Crippen molar-refractivity contribution in [1.82, 2.24) is 0 Å². The highest BCUT2D eigenvalue weighted by molar-refractivity contribution is 6.33. The second kappa shape index (κ2) is 5.55. The molecule has 90 valence electrons. The zero-order valence-corrected chi connectivity index (χ0v) is 11.2. The van der Waals surface area contributed by atoms with Gasteiger partial charge in [0, 0.05) is 6.54 Å². The van der Waals surface area contributed by atoms with Gasteiger partial charge < -0.3 is 10.1 Å². The molecule has 1 aromatic rings. The molecule has 0 aliphatic carbocycles. The average molecular weight is 242 g/mol. The van der Waals surface area contributed by atoms with Gasteiger partial charge in [-0.25, -0.2) is 0 Å². The molecule has 0 aliphatic rings. The summed E-state index contributed by atoms with van der Waals surface area (Å²) in [6, 6.07) is 5.95. The highest BCUT2D eigenvalue weighted by Crippen LogP contribution is 2.22. The van der Waals surface area contributed by atoms with Crippen molar-refractivity contribution in [2.75, 3.05) is 18.5 Å². The van der Waals surface area contributed by atoms with Crippen molar-refractivity contribution in [2.24, 2.45) is 0 Å². The van der Waals surface area contributed by atoms with Crippen LogP contribution in [0.15, 0.2) is 18.2 Å². The van der Waals surface area contributed by atoms with Gasteiger partial charge in [-0.2, -0.15) is 0 Å². The SMILES string of the molecule is Cc1ccc(Cl)c(NCCOC(C)(C)C)c1. The van der Waals surface area contributed by atoms with Gasteiger partial charge in [-0.15, -0.1) is 0 Å². The molecule has 0 saturated carbocycles. The molecule has 0 unspecified atom stereocenters. The van der Waals surface area contributed by atoms with Crippen molar-refractivity contribution in [3.63, 3.8) is 0 Å². The van der Waals surface area contributed by atoms with Crippen LogP contribution in [0.4, 0.5) is 5.69 Å². The fourth-order valence-electron chi connectivity index (χ4n) is 1.32. The first-order valence-corrected chi connectivity index (χ1v) is 5.90. The lowest BCUT2D eigenvalue weighted by atomic mass is 10.2. The summed E-state index contributed by atoms with van der Waals surface area (Å²) >= 11 is 6.06. The van der Waals surface area contributed by atoms with Gasteiger partial charge in [0.1, 0.15) is 0 Å². The molecule has 0 amide bonds. The molecule has 1 N–H and O–H groups in total. The lowest BCUT2D eigenvalue weighted by molar-refractivity contribution is 0.00333. The Morgan fingerprint density at radius 1 is 1.31 bits per heavy atom. The molecular weight excluding hydrogens is 222 g/mol. The maximum atomic E-state index is 6.06. The van der Waals surface area contributed by atoms with E-state index in [1.54, 1.807) is 0 Å². The summed E-state index contributed by atoms with van der Waals surface area (Å²) in [5.41, 5.74) is 2.08. The van der Waals surface area contributed by atoms with E-state index in [-0.39, 0.29) is 5.60 Å². The molecular formula is C13H20ClNO. The minimum atomic E-state index is -0.0852. The first-order chi connectivity index (χ1) is 7.38. The summed E-state index contributed by atoms with van der Waals surface area (Å²) in [7, 11) is 0. The smallest absolute Gasteiger partial charge is 0.0646 e. The third kappa shape index (κ3) is 4.86. The van der Waals surface area contributed by atoms with Crippen molar-refractivity contribution < 1.29 is 4.74 Å². The number of halogens is 1. The molecule has 0 spiro atoms. The number of rotatable bonds is 4. The molecule has 16 heavy (non-hydrogen) atoms. The van der Waals surface area contributed by atoms with Crippen LogP contribution >= 0.6 is 11.6 Å². The largest absolute Gasteiger partial charge is 0.382 e. The van der Waals surface area contributed by atoms with Crippen LogP contribution in [0.5, 0.6) is 0 Å². The van der Waals surface area contributed by atoms with E-state index < -0.39 is 0 Å². The average Bonchev–Trinajstić information content (AvgIpc) is 2.16. The molecule has 0 fully saturated rings. The standard InChI is InChI=1S/C13H20ClNO/c1-10-5-6-11(14)12(9-10)15-7-8-16-13(2,3)4/h5-6,9,15H,7-8H2,1-4H3. The minimum absolute atomic E-state index is 0.0852. The molecule has 0 bridgehead atoms. The summed E-state index contributed by atoms with van der Waals surface area (Å²) in [5.74, 6) is 0. The second-order valence-corrected chi connectivity index (χ2v) is 5.28. The number of hydrogen-bond donors (Lipinski definition) is 1. The Hall–Kier alpha value is -0.730. The Kier molecular flexibility index (Phi) is 4.63. The lowest BCUT2D eigenvalue weighted by Crippen LogP contribution is -2.23. The third-order valence-electron chi connectivity index (χ3n) is 2.07. The van der Waals surface area contributed by atoms with E-state index >= 15 is 0 Å². The summed E-state index contributed by atoms with van der Waals surface area (Å²) in [6.07, 6.45) is 0. The lowest BCUT2D eigenvalue weighted by Gasteiger charge is -2.20. The van der Waals surface area contributed by atoms with E-state index in [0.717, 1.165) is 17.3 Å².